The lowest BCUT2D eigenvalue weighted by Crippen LogP contribution is -2.21. The predicted octanol–water partition coefficient (Wildman–Crippen LogP) is 6.34. The molecule has 6 aromatic carbocycles. The quantitative estimate of drug-likeness (QED) is 0.246. The van der Waals surface area contributed by atoms with E-state index in [0.29, 0.717) is 0 Å². The monoisotopic (exact) mass is 386 g/mol. The van der Waals surface area contributed by atoms with Crippen molar-refractivity contribution in [3.05, 3.63) is 115 Å². The minimum atomic E-state index is -0.623. The van der Waals surface area contributed by atoms with Crippen molar-refractivity contribution < 1.29 is 0 Å². The molecule has 0 aliphatic heterocycles. The van der Waals surface area contributed by atoms with Gasteiger partial charge in [-0.1, -0.05) is 115 Å². The molecule has 0 atom stereocenters. The van der Waals surface area contributed by atoms with Gasteiger partial charge in [-0.2, -0.15) is 0 Å². The highest BCUT2D eigenvalue weighted by Crippen LogP contribution is 2.40. The molecule has 0 saturated carbocycles. The van der Waals surface area contributed by atoms with E-state index in [2.05, 4.69) is 115 Å². The summed E-state index contributed by atoms with van der Waals surface area (Å²) in [7, 11) is -0.623. The van der Waals surface area contributed by atoms with E-state index in [9.17, 15) is 0 Å². The molecule has 0 spiro atoms. The topological polar surface area (TPSA) is 0 Å². The number of hydrogen-bond donors (Lipinski definition) is 0. The van der Waals surface area contributed by atoms with Crippen molar-refractivity contribution in [1.82, 2.24) is 0 Å². The van der Waals surface area contributed by atoms with E-state index >= 15 is 0 Å². The Bertz CT molecular complexity index is 1380. The van der Waals surface area contributed by atoms with Gasteiger partial charge in [0.1, 0.15) is 0 Å². The van der Waals surface area contributed by atoms with Gasteiger partial charge < -0.3 is 0 Å². The minimum Gasteiger partial charge on any atom is -0.0622 e. The first kappa shape index (κ1) is 16.7. The first-order valence-corrected chi connectivity index (χ1v) is 11.3. The van der Waals surface area contributed by atoms with Crippen molar-refractivity contribution in [3.8, 4) is 0 Å². The Labute approximate surface area is 171 Å². The Morgan fingerprint density at radius 1 is 0.379 bits per heavy atom. The van der Waals surface area contributed by atoms with Gasteiger partial charge in [0.25, 0.3) is 0 Å². The van der Waals surface area contributed by atoms with Crippen LogP contribution in [-0.4, -0.2) is 0 Å². The van der Waals surface area contributed by atoms with Crippen molar-refractivity contribution in [2.45, 2.75) is 0 Å². The van der Waals surface area contributed by atoms with E-state index in [1.54, 1.807) is 0 Å². The van der Waals surface area contributed by atoms with Crippen molar-refractivity contribution in [2.75, 3.05) is 0 Å². The molecule has 0 radical (unpaired) electrons. The van der Waals surface area contributed by atoms with Gasteiger partial charge in [0.05, 0.1) is 0 Å². The van der Waals surface area contributed by atoms with Crippen molar-refractivity contribution >= 4 is 56.2 Å². The van der Waals surface area contributed by atoms with Crippen LogP contribution in [0.25, 0.3) is 32.3 Å². The van der Waals surface area contributed by atoms with E-state index < -0.39 is 7.92 Å². The van der Waals surface area contributed by atoms with Crippen LogP contribution in [0.5, 0.6) is 0 Å². The summed E-state index contributed by atoms with van der Waals surface area (Å²) in [5.74, 6) is 0. The Morgan fingerprint density at radius 3 is 1.52 bits per heavy atom. The van der Waals surface area contributed by atoms with Crippen LogP contribution in [-0.2, 0) is 0 Å². The fraction of sp³-hybridized carbons (Fsp3) is 0. The molecule has 0 amide bonds. The molecule has 0 unspecified atom stereocenters. The number of benzene rings is 6. The minimum absolute atomic E-state index is 0.623. The third kappa shape index (κ3) is 2.64. The highest BCUT2D eigenvalue weighted by Gasteiger charge is 2.20. The summed E-state index contributed by atoms with van der Waals surface area (Å²) in [5, 5.41) is 12.4. The molecule has 136 valence electrons. The second-order valence-electron chi connectivity index (χ2n) is 7.45. The van der Waals surface area contributed by atoms with Crippen LogP contribution in [0.3, 0.4) is 0 Å². The summed E-state index contributed by atoms with van der Waals surface area (Å²) in [4.78, 5) is 0. The maximum atomic E-state index is 2.35. The van der Waals surface area contributed by atoms with Crippen LogP contribution >= 0.6 is 7.92 Å². The molecular formula is C28H19P. The average molecular weight is 386 g/mol. The second kappa shape index (κ2) is 6.69. The normalized spacial score (nSPS) is 11.8. The number of hydrogen-bond acceptors (Lipinski definition) is 0. The molecule has 29 heavy (non-hydrogen) atoms. The standard InChI is InChI=1S/C28H19P/c1-3-10-23(11-4-1)29(24-12-5-2-6-13-24)26-19-17-22-15-14-20-8-7-9-21-16-18-25(26)28(22)27(20)21/h1-19H. The Balaban J connectivity index is 1.72. The Morgan fingerprint density at radius 2 is 0.897 bits per heavy atom. The summed E-state index contributed by atoms with van der Waals surface area (Å²) in [6.07, 6.45) is 0. The van der Waals surface area contributed by atoms with E-state index in [-0.39, 0.29) is 0 Å². The molecule has 0 nitrogen and oxygen atoms in total. The molecular weight excluding hydrogens is 367 g/mol. The molecule has 0 bridgehead atoms. The molecule has 0 saturated heterocycles. The van der Waals surface area contributed by atoms with Gasteiger partial charge in [-0.25, -0.2) is 0 Å². The first-order valence-electron chi connectivity index (χ1n) is 9.97. The second-order valence-corrected chi connectivity index (χ2v) is 9.63. The van der Waals surface area contributed by atoms with Gasteiger partial charge in [0.15, 0.2) is 0 Å². The van der Waals surface area contributed by atoms with Crippen LogP contribution in [0, 0.1) is 0 Å². The molecule has 0 aromatic heterocycles. The van der Waals surface area contributed by atoms with E-state index in [4.69, 9.17) is 0 Å². The van der Waals surface area contributed by atoms with Crippen molar-refractivity contribution in [2.24, 2.45) is 0 Å². The van der Waals surface area contributed by atoms with Crippen LogP contribution in [0.2, 0.25) is 0 Å². The molecule has 6 rings (SSSR count). The maximum Gasteiger partial charge on any atom is -0.00202 e. The van der Waals surface area contributed by atoms with Crippen LogP contribution < -0.4 is 15.9 Å². The molecule has 0 N–H and O–H groups in total. The molecule has 0 aliphatic carbocycles. The molecule has 0 aliphatic rings. The summed E-state index contributed by atoms with van der Waals surface area (Å²) >= 11 is 0. The zero-order chi connectivity index (χ0) is 19.2. The SMILES string of the molecule is c1ccc(P(c2ccccc2)c2ccc3ccc4cccc5ccc2c3c45)cc1. The van der Waals surface area contributed by atoms with Crippen LogP contribution in [0.15, 0.2) is 115 Å². The summed E-state index contributed by atoms with van der Waals surface area (Å²) in [6, 6.07) is 42.3. The smallest absolute Gasteiger partial charge is 0.00202 e. The van der Waals surface area contributed by atoms with Crippen molar-refractivity contribution in [1.29, 1.82) is 0 Å². The fourth-order valence-corrected chi connectivity index (χ4v) is 6.94. The van der Waals surface area contributed by atoms with Gasteiger partial charge in [-0.15, -0.1) is 0 Å². The van der Waals surface area contributed by atoms with E-state index in [0.717, 1.165) is 0 Å². The molecule has 0 heterocycles. The summed E-state index contributed by atoms with van der Waals surface area (Å²) in [5.41, 5.74) is 0. The highest BCUT2D eigenvalue weighted by molar-refractivity contribution is 7.80. The van der Waals surface area contributed by atoms with E-state index in [1.807, 2.05) is 0 Å². The summed E-state index contributed by atoms with van der Waals surface area (Å²) < 4.78 is 0. The Hall–Kier alpha value is -3.21. The van der Waals surface area contributed by atoms with Gasteiger partial charge in [-0.05, 0) is 56.2 Å². The van der Waals surface area contributed by atoms with Gasteiger partial charge >= 0.3 is 0 Å². The zero-order valence-corrected chi connectivity index (χ0v) is 16.8. The van der Waals surface area contributed by atoms with Crippen molar-refractivity contribution in [3.63, 3.8) is 0 Å². The van der Waals surface area contributed by atoms with Gasteiger partial charge in [0.2, 0.25) is 0 Å². The lowest BCUT2D eigenvalue weighted by molar-refractivity contribution is 1.75. The van der Waals surface area contributed by atoms with Gasteiger partial charge in [-0.3, -0.25) is 0 Å². The largest absolute Gasteiger partial charge is 0.0622 e. The van der Waals surface area contributed by atoms with Crippen LogP contribution in [0.1, 0.15) is 0 Å². The average Bonchev–Trinajstić information content (AvgIpc) is 2.80. The van der Waals surface area contributed by atoms with E-state index in [1.165, 1.54) is 48.2 Å². The molecule has 1 heteroatoms. The van der Waals surface area contributed by atoms with Crippen LogP contribution in [0.4, 0.5) is 0 Å². The van der Waals surface area contributed by atoms with Gasteiger partial charge in [0, 0.05) is 0 Å². The maximum absolute atomic E-state index is 2.35. The first-order chi connectivity index (χ1) is 14.4. The molecule has 0 fully saturated rings. The number of rotatable bonds is 3. The highest BCUT2D eigenvalue weighted by atomic mass is 31.1. The molecule has 6 aromatic rings. The summed E-state index contributed by atoms with van der Waals surface area (Å²) in [6.45, 7) is 0. The Kier molecular flexibility index (Phi) is 3.86. The fourth-order valence-electron chi connectivity index (χ4n) is 4.50. The third-order valence-corrected chi connectivity index (χ3v) is 8.28. The zero-order valence-electron chi connectivity index (χ0n) is 15.9. The predicted molar refractivity (Wildman–Crippen MR) is 129 cm³/mol. The lowest BCUT2D eigenvalue weighted by Gasteiger charge is -2.22. The lowest BCUT2D eigenvalue weighted by atomic mass is 9.94. The third-order valence-electron chi connectivity index (χ3n) is 5.78.